The maximum atomic E-state index is 12.5. The maximum Gasteiger partial charge on any atom is 0.416 e. The number of alkyl halides is 3. The summed E-state index contributed by atoms with van der Waals surface area (Å²) in [5.74, 6) is -1.30. The fourth-order valence-electron chi connectivity index (χ4n) is 1.83. The molecular formula is C13H10ClF3N2O2. The molecule has 0 spiro atoms. The first kappa shape index (κ1) is 15.4. The molecule has 4 nitrogen and oxygen atoms in total. The van der Waals surface area contributed by atoms with Gasteiger partial charge in [0.1, 0.15) is 0 Å². The maximum absolute atomic E-state index is 12.5. The van der Waals surface area contributed by atoms with Crippen LogP contribution >= 0.6 is 11.6 Å². The molecule has 2 aromatic rings. The van der Waals surface area contributed by atoms with Crippen molar-refractivity contribution in [2.45, 2.75) is 19.5 Å². The van der Waals surface area contributed by atoms with Gasteiger partial charge in [-0.3, -0.25) is 0 Å². The average molecular weight is 319 g/mol. The molecule has 0 aliphatic carbocycles. The van der Waals surface area contributed by atoms with Crippen LogP contribution in [0.1, 0.15) is 28.7 Å². The topological polar surface area (TPSA) is 55.1 Å². The average Bonchev–Trinajstić information content (AvgIpc) is 2.75. The Balaban J connectivity index is 2.54. The smallest absolute Gasteiger partial charge is 0.416 e. The minimum Gasteiger partial charge on any atom is -0.476 e. The third-order valence-corrected chi connectivity index (χ3v) is 3.27. The van der Waals surface area contributed by atoms with E-state index in [-0.39, 0.29) is 16.4 Å². The Morgan fingerprint density at radius 3 is 2.33 bits per heavy atom. The first-order valence-corrected chi connectivity index (χ1v) is 6.31. The summed E-state index contributed by atoms with van der Waals surface area (Å²) in [7, 11) is 0. The van der Waals surface area contributed by atoms with E-state index in [4.69, 9.17) is 11.6 Å². The molecule has 1 aromatic heterocycles. The zero-order valence-electron chi connectivity index (χ0n) is 10.8. The molecule has 0 fully saturated rings. The van der Waals surface area contributed by atoms with E-state index in [1.165, 1.54) is 0 Å². The Bertz CT molecular complexity index is 678. The van der Waals surface area contributed by atoms with Crippen molar-refractivity contribution >= 4 is 17.6 Å². The van der Waals surface area contributed by atoms with Crippen LogP contribution in [-0.2, 0) is 12.6 Å². The Hall–Kier alpha value is -2.02. The van der Waals surface area contributed by atoms with Crippen molar-refractivity contribution in [2.75, 3.05) is 0 Å². The van der Waals surface area contributed by atoms with Crippen molar-refractivity contribution in [3.05, 3.63) is 46.2 Å². The van der Waals surface area contributed by atoms with E-state index in [2.05, 4.69) is 5.10 Å². The largest absolute Gasteiger partial charge is 0.476 e. The van der Waals surface area contributed by atoms with Crippen LogP contribution in [0, 0.1) is 0 Å². The molecule has 0 saturated heterocycles. The number of aryl methyl sites for hydroxylation is 1. The molecule has 8 heteroatoms. The summed E-state index contributed by atoms with van der Waals surface area (Å²) in [6.45, 7) is 1.75. The lowest BCUT2D eigenvalue weighted by atomic mass is 10.2. The van der Waals surface area contributed by atoms with E-state index in [0.717, 1.165) is 28.9 Å². The van der Waals surface area contributed by atoms with Gasteiger partial charge in [0.05, 0.1) is 22.0 Å². The van der Waals surface area contributed by atoms with Gasteiger partial charge in [-0.2, -0.15) is 18.3 Å². The summed E-state index contributed by atoms with van der Waals surface area (Å²) < 4.78 is 38.6. The van der Waals surface area contributed by atoms with E-state index in [9.17, 15) is 23.1 Å². The number of aromatic nitrogens is 2. The first-order valence-electron chi connectivity index (χ1n) is 5.94. The summed E-state index contributed by atoms with van der Waals surface area (Å²) in [6, 6.07) is 4.03. The Labute approximate surface area is 122 Å². The molecule has 1 N–H and O–H groups in total. The third-order valence-electron chi connectivity index (χ3n) is 2.87. The number of carboxylic acids is 1. The van der Waals surface area contributed by atoms with Gasteiger partial charge < -0.3 is 5.11 Å². The van der Waals surface area contributed by atoms with E-state index in [1.807, 2.05) is 0 Å². The van der Waals surface area contributed by atoms with Crippen LogP contribution in [0.25, 0.3) is 5.69 Å². The third kappa shape index (κ3) is 2.87. The molecule has 0 saturated carbocycles. The molecule has 0 bridgehead atoms. The van der Waals surface area contributed by atoms with Crippen molar-refractivity contribution in [1.82, 2.24) is 9.78 Å². The number of hydrogen-bond donors (Lipinski definition) is 1. The van der Waals surface area contributed by atoms with Crippen molar-refractivity contribution in [1.29, 1.82) is 0 Å². The minimum absolute atomic E-state index is 0.00935. The summed E-state index contributed by atoms with van der Waals surface area (Å²) >= 11 is 5.93. The van der Waals surface area contributed by atoms with Crippen LogP contribution in [0.4, 0.5) is 13.2 Å². The molecule has 0 aliphatic heterocycles. The molecule has 2 rings (SSSR count). The van der Waals surface area contributed by atoms with Gasteiger partial charge in [0.2, 0.25) is 0 Å². The van der Waals surface area contributed by atoms with Gasteiger partial charge in [0.15, 0.2) is 5.69 Å². The van der Waals surface area contributed by atoms with Crippen LogP contribution < -0.4 is 0 Å². The Kier molecular flexibility index (Phi) is 3.95. The zero-order chi connectivity index (χ0) is 15.8. The molecule has 1 heterocycles. The molecular weight excluding hydrogens is 309 g/mol. The summed E-state index contributed by atoms with van der Waals surface area (Å²) in [4.78, 5) is 11.2. The lowest BCUT2D eigenvalue weighted by Gasteiger charge is -2.08. The van der Waals surface area contributed by atoms with Gasteiger partial charge in [-0.15, -0.1) is 0 Å². The second-order valence-electron chi connectivity index (χ2n) is 4.22. The quantitative estimate of drug-likeness (QED) is 0.936. The zero-order valence-corrected chi connectivity index (χ0v) is 11.5. The van der Waals surface area contributed by atoms with E-state index >= 15 is 0 Å². The van der Waals surface area contributed by atoms with Crippen molar-refractivity contribution in [3.8, 4) is 5.69 Å². The number of nitrogens with zero attached hydrogens (tertiary/aromatic N) is 2. The van der Waals surface area contributed by atoms with Crippen LogP contribution in [0.2, 0.25) is 5.02 Å². The second kappa shape index (κ2) is 5.40. The minimum atomic E-state index is -4.45. The number of benzene rings is 1. The predicted molar refractivity (Wildman–Crippen MR) is 69.9 cm³/mol. The van der Waals surface area contributed by atoms with Gasteiger partial charge in [0.25, 0.3) is 0 Å². The Morgan fingerprint density at radius 1 is 1.33 bits per heavy atom. The lowest BCUT2D eigenvalue weighted by Crippen LogP contribution is -2.09. The molecule has 0 aliphatic rings. The number of rotatable bonds is 3. The molecule has 0 unspecified atom stereocenters. The highest BCUT2D eigenvalue weighted by Crippen LogP contribution is 2.30. The van der Waals surface area contributed by atoms with Gasteiger partial charge in [-0.1, -0.05) is 18.5 Å². The van der Waals surface area contributed by atoms with Gasteiger partial charge in [-0.05, 0) is 30.7 Å². The van der Waals surface area contributed by atoms with Gasteiger partial charge in [0, 0.05) is 0 Å². The molecule has 21 heavy (non-hydrogen) atoms. The Morgan fingerprint density at radius 2 is 1.90 bits per heavy atom. The molecule has 112 valence electrons. The summed E-state index contributed by atoms with van der Waals surface area (Å²) in [5, 5.41) is 13.2. The summed E-state index contributed by atoms with van der Waals surface area (Å²) in [5.41, 5.74) is -0.527. The standard InChI is InChI=1S/C13H10ClF3N2O2/c1-2-9-10(14)11(12(20)21)19(18-9)8-5-3-7(4-6-8)13(15,16)17/h3-6H,2H2,1H3,(H,20,21). The fraction of sp³-hybridized carbons (Fsp3) is 0.231. The number of carbonyl (C=O) groups is 1. The normalized spacial score (nSPS) is 11.7. The predicted octanol–water partition coefficient (Wildman–Crippen LogP) is 3.81. The van der Waals surface area contributed by atoms with Crippen LogP contribution in [-0.4, -0.2) is 20.9 Å². The van der Waals surface area contributed by atoms with Crippen molar-refractivity contribution in [3.63, 3.8) is 0 Å². The van der Waals surface area contributed by atoms with Gasteiger partial charge in [-0.25, -0.2) is 9.48 Å². The second-order valence-corrected chi connectivity index (χ2v) is 4.60. The summed E-state index contributed by atoms with van der Waals surface area (Å²) in [6.07, 6.45) is -4.04. The van der Waals surface area contributed by atoms with Crippen LogP contribution in [0.3, 0.4) is 0 Å². The van der Waals surface area contributed by atoms with Gasteiger partial charge >= 0.3 is 12.1 Å². The first-order chi connectivity index (χ1) is 9.75. The molecule has 0 atom stereocenters. The van der Waals surface area contributed by atoms with E-state index in [0.29, 0.717) is 12.1 Å². The van der Waals surface area contributed by atoms with Crippen LogP contribution in [0.15, 0.2) is 24.3 Å². The number of aromatic carboxylic acids is 1. The molecule has 0 radical (unpaired) electrons. The van der Waals surface area contributed by atoms with E-state index < -0.39 is 17.7 Å². The molecule has 0 amide bonds. The monoisotopic (exact) mass is 318 g/mol. The number of hydrogen-bond acceptors (Lipinski definition) is 2. The number of halogens is 4. The highest BCUT2D eigenvalue weighted by molar-refractivity contribution is 6.34. The van der Waals surface area contributed by atoms with Crippen molar-refractivity contribution < 1.29 is 23.1 Å². The molecule has 1 aromatic carbocycles. The highest BCUT2D eigenvalue weighted by atomic mass is 35.5. The lowest BCUT2D eigenvalue weighted by molar-refractivity contribution is -0.137. The highest BCUT2D eigenvalue weighted by Gasteiger charge is 2.30. The van der Waals surface area contributed by atoms with E-state index in [1.54, 1.807) is 6.92 Å². The van der Waals surface area contributed by atoms with Crippen molar-refractivity contribution in [2.24, 2.45) is 0 Å². The van der Waals surface area contributed by atoms with Crippen LogP contribution in [0.5, 0.6) is 0 Å². The SMILES string of the molecule is CCc1nn(-c2ccc(C(F)(F)F)cc2)c(C(=O)O)c1Cl. The number of carboxylic acid groups (broad SMARTS) is 1. The fourth-order valence-corrected chi connectivity index (χ4v) is 2.17.